The van der Waals surface area contributed by atoms with Crippen molar-refractivity contribution in [2.75, 3.05) is 56.7 Å². The predicted octanol–water partition coefficient (Wildman–Crippen LogP) is 5.11. The maximum absolute atomic E-state index is 12.8. The van der Waals surface area contributed by atoms with Crippen molar-refractivity contribution in [3.05, 3.63) is 75.0 Å². The van der Waals surface area contributed by atoms with Crippen molar-refractivity contribution in [1.29, 1.82) is 0 Å². The number of halogens is 2. The molecule has 1 aliphatic rings. The highest BCUT2D eigenvalue weighted by Gasteiger charge is 2.21. The number of benzene rings is 2. The number of fused-ring (bicyclic) bond motifs is 1. The lowest BCUT2D eigenvalue weighted by Crippen LogP contribution is -2.48. The van der Waals surface area contributed by atoms with Gasteiger partial charge < -0.3 is 19.8 Å². The van der Waals surface area contributed by atoms with Crippen LogP contribution in [-0.4, -0.2) is 72.1 Å². The van der Waals surface area contributed by atoms with Gasteiger partial charge in [0.1, 0.15) is 6.61 Å². The van der Waals surface area contributed by atoms with E-state index in [9.17, 15) is 4.79 Å². The monoisotopic (exact) mass is 582 g/mol. The van der Waals surface area contributed by atoms with Crippen LogP contribution < -0.4 is 20.6 Å². The third-order valence-electron chi connectivity index (χ3n) is 6.95. The largest absolute Gasteiger partial charge is 0.406 e. The number of ether oxygens (including phenoxy) is 1. The first-order valence-electron chi connectivity index (χ1n) is 13.2. The molecule has 5 rings (SSSR count). The average molecular weight is 584 g/mol. The van der Waals surface area contributed by atoms with Crippen LogP contribution in [0.15, 0.2) is 59.4 Å². The Morgan fingerprint density at radius 1 is 0.925 bits per heavy atom. The van der Waals surface area contributed by atoms with Crippen LogP contribution in [-0.2, 0) is 4.74 Å². The summed E-state index contributed by atoms with van der Waals surface area (Å²) >= 11 is 13.2. The molecule has 210 valence electrons. The Labute approximate surface area is 243 Å². The van der Waals surface area contributed by atoms with E-state index in [1.165, 1.54) is 6.07 Å². The molecule has 0 aliphatic carbocycles. The van der Waals surface area contributed by atoms with Crippen molar-refractivity contribution in [2.24, 2.45) is 0 Å². The number of hydrogen-bond donors (Lipinski definition) is 1. The molecule has 0 amide bonds. The van der Waals surface area contributed by atoms with Gasteiger partial charge in [-0.2, -0.15) is 4.98 Å². The Bertz CT molecular complexity index is 1520. The van der Waals surface area contributed by atoms with E-state index in [1.54, 1.807) is 31.4 Å². The minimum atomic E-state index is -0.369. The van der Waals surface area contributed by atoms with Crippen LogP contribution in [0.2, 0.25) is 10.0 Å². The third-order valence-corrected chi connectivity index (χ3v) is 7.58. The van der Waals surface area contributed by atoms with Gasteiger partial charge in [-0.05, 0) is 56.3 Å². The number of aromatic nitrogens is 3. The standard InChI is InChI=1S/C29H32Cl2N6O3/c1-19(2)35-13-15-36(16-14-35)21-9-7-20(8-10-21)32-29-33-27(26-23(30)5-4-6-24(26)31)22-11-12-25(38)37(28(22)34-29)40-18-17-39-3/h4-12,19H,13-18H2,1-3H3,(H,32,33,34). The van der Waals surface area contributed by atoms with Crippen LogP contribution in [0.25, 0.3) is 22.3 Å². The summed E-state index contributed by atoms with van der Waals surface area (Å²) in [6, 6.07) is 17.0. The minimum absolute atomic E-state index is 0.164. The summed E-state index contributed by atoms with van der Waals surface area (Å²) in [5.74, 6) is 0.270. The van der Waals surface area contributed by atoms with Crippen LogP contribution in [0.3, 0.4) is 0 Å². The molecule has 0 saturated carbocycles. The van der Waals surface area contributed by atoms with Crippen LogP contribution in [0, 0.1) is 0 Å². The van der Waals surface area contributed by atoms with Crippen molar-refractivity contribution < 1.29 is 9.57 Å². The molecular formula is C29H32Cl2N6O3. The summed E-state index contributed by atoms with van der Waals surface area (Å²) in [5.41, 5.74) is 2.90. The van der Waals surface area contributed by atoms with Gasteiger partial charge in [0, 0.05) is 67.7 Å². The number of nitrogens with one attached hydrogen (secondary N) is 1. The van der Waals surface area contributed by atoms with E-state index in [2.05, 4.69) is 46.1 Å². The van der Waals surface area contributed by atoms with E-state index >= 15 is 0 Å². The Morgan fingerprint density at radius 2 is 1.62 bits per heavy atom. The molecule has 0 atom stereocenters. The molecule has 4 aromatic rings. The maximum atomic E-state index is 12.8. The Morgan fingerprint density at radius 3 is 2.27 bits per heavy atom. The molecule has 2 aromatic heterocycles. The number of hydrogen-bond acceptors (Lipinski definition) is 8. The highest BCUT2D eigenvalue weighted by molar-refractivity contribution is 6.39. The quantitative estimate of drug-likeness (QED) is 0.272. The number of nitrogens with zero attached hydrogens (tertiary/aromatic N) is 5. The molecule has 0 bridgehead atoms. The molecule has 0 radical (unpaired) electrons. The van der Waals surface area contributed by atoms with Crippen molar-refractivity contribution >= 4 is 51.6 Å². The summed E-state index contributed by atoms with van der Waals surface area (Å²) in [5, 5.41) is 4.70. The van der Waals surface area contributed by atoms with Gasteiger partial charge in [-0.15, -0.1) is 4.73 Å². The Kier molecular flexibility index (Phi) is 8.75. The molecule has 2 aromatic carbocycles. The summed E-state index contributed by atoms with van der Waals surface area (Å²) in [6.07, 6.45) is 0. The van der Waals surface area contributed by atoms with E-state index in [4.69, 9.17) is 37.8 Å². The van der Waals surface area contributed by atoms with Gasteiger partial charge in [0.05, 0.1) is 22.3 Å². The van der Waals surface area contributed by atoms with E-state index in [0.29, 0.717) is 39.3 Å². The molecule has 1 fully saturated rings. The summed E-state index contributed by atoms with van der Waals surface area (Å²) < 4.78 is 6.23. The number of methoxy groups -OCH3 is 1. The van der Waals surface area contributed by atoms with Crippen molar-refractivity contribution in [1.82, 2.24) is 19.6 Å². The fourth-order valence-corrected chi connectivity index (χ4v) is 5.36. The second-order valence-electron chi connectivity index (χ2n) is 9.81. The second-order valence-corrected chi connectivity index (χ2v) is 10.6. The smallest absolute Gasteiger partial charge is 0.285 e. The Balaban J connectivity index is 1.50. The van der Waals surface area contributed by atoms with Gasteiger partial charge in [0.25, 0.3) is 5.56 Å². The lowest BCUT2D eigenvalue weighted by atomic mass is 10.1. The molecule has 1 N–H and O–H groups in total. The fourth-order valence-electron chi connectivity index (χ4n) is 4.78. The fraction of sp³-hybridized carbons (Fsp3) is 0.345. The lowest BCUT2D eigenvalue weighted by Gasteiger charge is -2.38. The minimum Gasteiger partial charge on any atom is -0.406 e. The van der Waals surface area contributed by atoms with Crippen molar-refractivity contribution in [3.63, 3.8) is 0 Å². The van der Waals surface area contributed by atoms with E-state index < -0.39 is 0 Å². The van der Waals surface area contributed by atoms with Crippen LogP contribution in [0.4, 0.5) is 17.3 Å². The first-order chi connectivity index (χ1) is 19.4. The maximum Gasteiger partial charge on any atom is 0.285 e. The van der Waals surface area contributed by atoms with Gasteiger partial charge >= 0.3 is 0 Å². The molecule has 3 heterocycles. The van der Waals surface area contributed by atoms with E-state index in [0.717, 1.165) is 42.3 Å². The highest BCUT2D eigenvalue weighted by atomic mass is 35.5. The summed E-state index contributed by atoms with van der Waals surface area (Å²) in [7, 11) is 1.56. The molecule has 9 nitrogen and oxygen atoms in total. The molecule has 11 heteroatoms. The lowest BCUT2D eigenvalue weighted by molar-refractivity contribution is 0.0582. The zero-order valence-electron chi connectivity index (χ0n) is 22.7. The van der Waals surface area contributed by atoms with Crippen molar-refractivity contribution in [2.45, 2.75) is 19.9 Å². The molecule has 1 aliphatic heterocycles. The summed E-state index contributed by atoms with van der Waals surface area (Å²) in [4.78, 5) is 32.9. The number of piperazine rings is 1. The zero-order chi connectivity index (χ0) is 28.2. The van der Waals surface area contributed by atoms with E-state index in [-0.39, 0.29) is 23.8 Å². The van der Waals surface area contributed by atoms with Crippen LogP contribution >= 0.6 is 23.2 Å². The van der Waals surface area contributed by atoms with Crippen LogP contribution in [0.5, 0.6) is 0 Å². The van der Waals surface area contributed by atoms with Gasteiger partial charge in [-0.3, -0.25) is 9.69 Å². The zero-order valence-corrected chi connectivity index (χ0v) is 24.2. The van der Waals surface area contributed by atoms with Gasteiger partial charge in [0.15, 0.2) is 5.65 Å². The summed E-state index contributed by atoms with van der Waals surface area (Å²) in [6.45, 7) is 9.01. The predicted molar refractivity (Wildman–Crippen MR) is 161 cm³/mol. The first kappa shape index (κ1) is 28.2. The van der Waals surface area contributed by atoms with Crippen LogP contribution in [0.1, 0.15) is 13.8 Å². The topological polar surface area (TPSA) is 84.7 Å². The number of rotatable bonds is 9. The first-order valence-corrected chi connectivity index (χ1v) is 14.0. The molecule has 0 unspecified atom stereocenters. The Hall–Kier alpha value is -3.37. The molecule has 1 saturated heterocycles. The second kappa shape index (κ2) is 12.4. The molecular weight excluding hydrogens is 551 g/mol. The number of pyridine rings is 1. The third kappa shape index (κ3) is 6.02. The van der Waals surface area contributed by atoms with Crippen molar-refractivity contribution in [3.8, 4) is 11.3 Å². The highest BCUT2D eigenvalue weighted by Crippen LogP contribution is 2.37. The average Bonchev–Trinajstić information content (AvgIpc) is 2.94. The van der Waals surface area contributed by atoms with E-state index in [1.807, 2.05) is 12.1 Å². The normalized spacial score (nSPS) is 14.2. The molecule has 0 spiro atoms. The van der Waals surface area contributed by atoms with Gasteiger partial charge in [-0.1, -0.05) is 29.3 Å². The van der Waals surface area contributed by atoms with Gasteiger partial charge in [0.2, 0.25) is 5.95 Å². The molecule has 40 heavy (non-hydrogen) atoms. The SMILES string of the molecule is COCCOn1c(=O)ccc2c(-c3c(Cl)cccc3Cl)nc(Nc3ccc(N4CCN(C(C)C)CC4)cc3)nc21. The number of anilines is 3. The van der Waals surface area contributed by atoms with Gasteiger partial charge in [-0.25, -0.2) is 4.98 Å².